The molecule has 0 amide bonds. The zero-order valence-corrected chi connectivity index (χ0v) is 23.9. The van der Waals surface area contributed by atoms with Crippen LogP contribution in [-0.4, -0.2) is 97.1 Å². The third-order valence-electron chi connectivity index (χ3n) is 6.60. The van der Waals surface area contributed by atoms with Crippen LogP contribution in [0.3, 0.4) is 0 Å². The molecular formula is C24H30Cl2N10O5. The largest absolute Gasteiger partial charge is 0.358 e. The molecule has 2 aromatic rings. The summed E-state index contributed by atoms with van der Waals surface area (Å²) in [5.41, 5.74) is 1.71. The molecule has 0 aliphatic carbocycles. The molecule has 0 spiro atoms. The van der Waals surface area contributed by atoms with Crippen LogP contribution in [0, 0.1) is 20.2 Å². The number of hydrogen-bond acceptors (Lipinski definition) is 7. The number of hydrogen-bond donors (Lipinski definition) is 0. The molecule has 2 fully saturated rings. The van der Waals surface area contributed by atoms with Gasteiger partial charge in [0.05, 0.1) is 6.61 Å². The summed E-state index contributed by atoms with van der Waals surface area (Å²) in [6.07, 6.45) is 3.98. The first-order valence-corrected chi connectivity index (χ1v) is 13.8. The molecule has 2 aliphatic rings. The maximum atomic E-state index is 11.3. The summed E-state index contributed by atoms with van der Waals surface area (Å²) < 4.78 is 6.14. The first kappa shape index (κ1) is 30.1. The Morgan fingerprint density at radius 1 is 0.878 bits per heavy atom. The van der Waals surface area contributed by atoms with Gasteiger partial charge in [-0.3, -0.25) is 0 Å². The van der Waals surface area contributed by atoms with Gasteiger partial charge in [0.25, 0.3) is 11.9 Å². The molecule has 0 radical (unpaired) electrons. The highest BCUT2D eigenvalue weighted by molar-refractivity contribution is 6.29. The van der Waals surface area contributed by atoms with Gasteiger partial charge in [0.15, 0.2) is 10.1 Å². The molecule has 17 heteroatoms. The van der Waals surface area contributed by atoms with Gasteiger partial charge in [-0.05, 0) is 36.1 Å². The van der Waals surface area contributed by atoms with Crippen LogP contribution in [0.1, 0.15) is 30.9 Å². The second kappa shape index (κ2) is 14.2. The number of aromatic nitrogens is 2. The molecule has 4 heterocycles. The summed E-state index contributed by atoms with van der Waals surface area (Å²) in [7, 11) is 0. The van der Waals surface area contributed by atoms with Crippen molar-refractivity contribution in [1.82, 2.24) is 29.6 Å². The number of halogens is 2. The predicted molar refractivity (Wildman–Crippen MR) is 151 cm³/mol. The van der Waals surface area contributed by atoms with E-state index < -0.39 is 16.3 Å². The number of nitrogens with zero attached hydrogens (tertiary/aromatic N) is 10. The summed E-state index contributed by atoms with van der Waals surface area (Å²) >= 11 is 11.7. The number of rotatable bonds is 13. The third-order valence-corrected chi connectivity index (χ3v) is 7.05. The Hall–Kier alpha value is -3.82. The maximum absolute atomic E-state index is 11.3. The van der Waals surface area contributed by atoms with Crippen LogP contribution in [0.4, 0.5) is 0 Å². The lowest BCUT2D eigenvalue weighted by molar-refractivity contribution is -0.486. The van der Waals surface area contributed by atoms with Crippen molar-refractivity contribution >= 4 is 35.1 Å². The van der Waals surface area contributed by atoms with Crippen molar-refractivity contribution in [2.45, 2.75) is 39.1 Å². The zero-order valence-electron chi connectivity index (χ0n) is 22.4. The van der Waals surface area contributed by atoms with Gasteiger partial charge in [0, 0.05) is 58.2 Å². The van der Waals surface area contributed by atoms with Crippen LogP contribution in [0.15, 0.2) is 46.9 Å². The predicted octanol–water partition coefficient (Wildman–Crippen LogP) is 2.96. The smallest absolute Gasteiger partial charge is 0.276 e. The van der Waals surface area contributed by atoms with Crippen LogP contribution in [0.25, 0.3) is 0 Å². The van der Waals surface area contributed by atoms with E-state index in [1.165, 1.54) is 0 Å². The molecule has 2 aromatic heterocycles. The number of hydrazone groups is 2. The maximum Gasteiger partial charge on any atom is 0.276 e. The van der Waals surface area contributed by atoms with Gasteiger partial charge in [-0.1, -0.05) is 42.3 Å². The Balaban J connectivity index is 1.33. The summed E-state index contributed by atoms with van der Waals surface area (Å²) in [5, 5.41) is 29.2. The molecule has 15 nitrogen and oxygen atoms in total. The summed E-state index contributed by atoms with van der Waals surface area (Å²) in [6.45, 7) is 5.75. The second-order valence-corrected chi connectivity index (χ2v) is 10.1. The Morgan fingerprint density at radius 2 is 1.41 bits per heavy atom. The minimum Gasteiger partial charge on any atom is -0.358 e. The van der Waals surface area contributed by atoms with E-state index in [0.717, 1.165) is 11.1 Å². The average molecular weight is 609 g/mol. The molecule has 0 saturated carbocycles. The van der Waals surface area contributed by atoms with Crippen molar-refractivity contribution in [1.29, 1.82) is 0 Å². The van der Waals surface area contributed by atoms with Gasteiger partial charge in [-0.15, -0.1) is 0 Å². The summed E-state index contributed by atoms with van der Waals surface area (Å²) in [4.78, 5) is 38.0. The van der Waals surface area contributed by atoms with Crippen molar-refractivity contribution in [3.8, 4) is 0 Å². The van der Waals surface area contributed by atoms with E-state index in [4.69, 9.17) is 27.9 Å². The molecule has 0 N–H and O–H groups in total. The fraction of sp³-hybridized carbons (Fsp3) is 0.500. The monoisotopic (exact) mass is 608 g/mol. The van der Waals surface area contributed by atoms with E-state index in [2.05, 4.69) is 20.2 Å². The number of nitro groups is 2. The molecule has 220 valence electrons. The Morgan fingerprint density at radius 3 is 1.95 bits per heavy atom. The Labute approximate surface area is 246 Å². The van der Waals surface area contributed by atoms with Gasteiger partial charge in [0.2, 0.25) is 0 Å². The Kier molecular flexibility index (Phi) is 10.4. The lowest BCUT2D eigenvalue weighted by Gasteiger charge is -2.29. The third kappa shape index (κ3) is 8.34. The minimum atomic E-state index is -0.705. The van der Waals surface area contributed by atoms with E-state index >= 15 is 0 Å². The van der Waals surface area contributed by atoms with Crippen molar-refractivity contribution in [3.05, 3.63) is 78.3 Å². The van der Waals surface area contributed by atoms with E-state index in [-0.39, 0.29) is 11.9 Å². The van der Waals surface area contributed by atoms with Crippen molar-refractivity contribution < 1.29 is 14.8 Å². The van der Waals surface area contributed by atoms with E-state index in [0.29, 0.717) is 75.6 Å². The number of pyridine rings is 2. The lowest BCUT2D eigenvalue weighted by atomic mass is 10.3. The molecule has 2 aliphatic heterocycles. The summed E-state index contributed by atoms with van der Waals surface area (Å²) in [5.74, 6) is 0.508. The van der Waals surface area contributed by atoms with Gasteiger partial charge < -0.3 is 24.3 Å². The zero-order chi connectivity index (χ0) is 29.4. The lowest BCUT2D eigenvalue weighted by Crippen LogP contribution is -2.42. The molecule has 1 unspecified atom stereocenters. The van der Waals surface area contributed by atoms with E-state index in [9.17, 15) is 20.2 Å². The van der Waals surface area contributed by atoms with Crippen LogP contribution in [-0.2, 0) is 17.8 Å². The summed E-state index contributed by atoms with van der Waals surface area (Å²) in [6, 6.07) is 6.98. The first-order valence-electron chi connectivity index (χ1n) is 13.0. The molecule has 41 heavy (non-hydrogen) atoms. The van der Waals surface area contributed by atoms with Gasteiger partial charge in [0.1, 0.15) is 26.7 Å². The van der Waals surface area contributed by atoms with Crippen LogP contribution >= 0.6 is 23.2 Å². The van der Waals surface area contributed by atoms with Crippen LogP contribution < -0.4 is 0 Å². The van der Waals surface area contributed by atoms with Crippen molar-refractivity contribution in [3.63, 3.8) is 0 Å². The first-order chi connectivity index (χ1) is 19.7. The highest BCUT2D eigenvalue weighted by Gasteiger charge is 2.35. The quantitative estimate of drug-likeness (QED) is 0.142. The average Bonchev–Trinajstić information content (AvgIpc) is 3.49. The van der Waals surface area contributed by atoms with Crippen LogP contribution in [0.2, 0.25) is 10.3 Å². The molecule has 1 atom stereocenters. The molecule has 0 aromatic carbocycles. The van der Waals surface area contributed by atoms with Crippen molar-refractivity contribution in [2.24, 2.45) is 10.2 Å². The highest BCUT2D eigenvalue weighted by Crippen LogP contribution is 2.20. The Bertz CT molecular complexity index is 1260. The fourth-order valence-corrected chi connectivity index (χ4v) is 5.00. The number of ether oxygens (including phenoxy) is 1. The SMILES string of the molecule is CCC(OCCCN1CCN(Cc2ccc(Cl)nc2)C1=N[N+](=O)[O-])N1CCN(Cc2ccc(Cl)nc2)C1=N[N+](=O)[O-]. The second-order valence-electron chi connectivity index (χ2n) is 9.36. The number of guanidine groups is 2. The molecule has 4 rings (SSSR count). The molecule has 2 saturated heterocycles. The van der Waals surface area contributed by atoms with Gasteiger partial charge in [-0.25, -0.2) is 30.2 Å². The molecular weight excluding hydrogens is 579 g/mol. The fourth-order valence-electron chi connectivity index (χ4n) is 4.77. The van der Waals surface area contributed by atoms with E-state index in [1.54, 1.807) is 29.4 Å². The van der Waals surface area contributed by atoms with Gasteiger partial charge >= 0.3 is 0 Å². The standard InChI is InChI=1S/C24H30Cl2N10O5/c1-2-22(34-12-11-33(24(34)30-36(39)40)17-19-5-7-21(26)28-15-19)41-13-3-8-31-9-10-32(23(31)29-35(37)38)16-18-4-6-20(25)27-14-18/h4-7,14-15,22H,2-3,8-13,16-17H2,1H3. The van der Waals surface area contributed by atoms with Crippen LogP contribution in [0.5, 0.6) is 0 Å². The van der Waals surface area contributed by atoms with Gasteiger partial charge in [-0.2, -0.15) is 0 Å². The topological polar surface area (TPSA) is 159 Å². The minimum absolute atomic E-state index is 0.226. The highest BCUT2D eigenvalue weighted by atomic mass is 35.5. The molecule has 0 bridgehead atoms. The van der Waals surface area contributed by atoms with Crippen molar-refractivity contribution in [2.75, 3.05) is 39.3 Å². The normalized spacial score (nSPS) is 18.1. The van der Waals surface area contributed by atoms with E-state index in [1.807, 2.05) is 33.8 Å².